The smallest absolute Gasteiger partial charge is 0.261 e. The Morgan fingerprint density at radius 2 is 2.00 bits per heavy atom. The molecular formula is C25H22BrN3O4S. The number of anilines is 1. The largest absolute Gasteiger partial charge is 0.507 e. The van der Waals surface area contributed by atoms with E-state index < -0.39 is 5.91 Å². The summed E-state index contributed by atoms with van der Waals surface area (Å²) in [6, 6.07) is 14.3. The number of fused-ring (bicyclic) bond motifs is 1. The van der Waals surface area contributed by atoms with Gasteiger partial charge in [-0.2, -0.15) is 0 Å². The van der Waals surface area contributed by atoms with Gasteiger partial charge in [0.25, 0.3) is 5.91 Å². The van der Waals surface area contributed by atoms with E-state index in [-0.39, 0.29) is 10.9 Å². The first kappa shape index (κ1) is 23.7. The number of phenols is 1. The number of hydrogen-bond donors (Lipinski definition) is 3. The molecule has 4 rings (SSSR count). The zero-order chi connectivity index (χ0) is 24.4. The van der Waals surface area contributed by atoms with Gasteiger partial charge < -0.3 is 19.6 Å². The number of aromatic hydroxyl groups is 1. The topological polar surface area (TPSA) is 96.6 Å². The van der Waals surface area contributed by atoms with E-state index >= 15 is 0 Å². The first-order valence-corrected chi connectivity index (χ1v) is 11.7. The SMILES string of the molecule is CCc1ccc2oc(-c3cc(NC(=S)NC(=O)c4cc(Br)ccc4OC)cc(C)c3O)nc2c1. The maximum absolute atomic E-state index is 12.7. The van der Waals surface area contributed by atoms with Crippen LogP contribution in [0.1, 0.15) is 28.4 Å². The Balaban J connectivity index is 1.58. The number of nitrogens with one attached hydrogen (secondary N) is 2. The summed E-state index contributed by atoms with van der Waals surface area (Å²) < 4.78 is 11.9. The van der Waals surface area contributed by atoms with Crippen LogP contribution in [-0.2, 0) is 6.42 Å². The van der Waals surface area contributed by atoms with Crippen LogP contribution in [0.4, 0.5) is 5.69 Å². The molecule has 0 aliphatic rings. The number of oxazole rings is 1. The third kappa shape index (κ3) is 4.90. The minimum Gasteiger partial charge on any atom is -0.507 e. The number of hydrogen-bond acceptors (Lipinski definition) is 6. The molecule has 0 saturated heterocycles. The van der Waals surface area contributed by atoms with Crippen LogP contribution in [0.3, 0.4) is 0 Å². The third-order valence-electron chi connectivity index (χ3n) is 5.28. The fourth-order valence-corrected chi connectivity index (χ4v) is 4.08. The quantitative estimate of drug-likeness (QED) is 0.212. The first-order valence-electron chi connectivity index (χ1n) is 10.5. The van der Waals surface area contributed by atoms with Crippen LogP contribution in [0.5, 0.6) is 11.5 Å². The van der Waals surface area contributed by atoms with E-state index in [1.807, 2.05) is 18.2 Å². The fraction of sp³-hybridized carbons (Fsp3) is 0.160. The molecule has 1 heterocycles. The number of nitrogens with zero attached hydrogens (tertiary/aromatic N) is 1. The van der Waals surface area contributed by atoms with Crippen molar-refractivity contribution in [2.45, 2.75) is 20.3 Å². The standard InChI is InChI=1S/C25H22BrN3O4S/c1-4-14-5-7-21-19(10-14)28-24(33-21)18-12-16(9-13(2)22(18)30)27-25(34)29-23(31)17-11-15(26)6-8-20(17)32-3/h5-12,30H,4H2,1-3H3,(H2,27,29,31,34). The molecule has 0 atom stereocenters. The van der Waals surface area contributed by atoms with Gasteiger partial charge in [-0.3, -0.25) is 10.1 Å². The number of benzene rings is 3. The summed E-state index contributed by atoms with van der Waals surface area (Å²) in [5.74, 6) is 0.355. The van der Waals surface area contributed by atoms with E-state index in [2.05, 4.69) is 38.5 Å². The Labute approximate surface area is 210 Å². The lowest BCUT2D eigenvalue weighted by Crippen LogP contribution is -2.34. The number of methoxy groups -OCH3 is 1. The molecule has 3 N–H and O–H groups in total. The Bertz CT molecular complexity index is 1420. The number of rotatable bonds is 5. The van der Waals surface area contributed by atoms with Gasteiger partial charge in [0.2, 0.25) is 5.89 Å². The van der Waals surface area contributed by atoms with Crippen LogP contribution >= 0.6 is 28.1 Å². The highest BCUT2D eigenvalue weighted by Gasteiger charge is 2.18. The van der Waals surface area contributed by atoms with Gasteiger partial charge in [-0.1, -0.05) is 28.9 Å². The molecule has 174 valence electrons. The predicted molar refractivity (Wildman–Crippen MR) is 140 cm³/mol. The highest BCUT2D eigenvalue weighted by atomic mass is 79.9. The van der Waals surface area contributed by atoms with E-state index in [9.17, 15) is 9.90 Å². The molecule has 3 aromatic carbocycles. The Kier molecular flexibility index (Phi) is 6.85. The van der Waals surface area contributed by atoms with Gasteiger partial charge in [-0.05, 0) is 79.2 Å². The highest BCUT2D eigenvalue weighted by Crippen LogP contribution is 2.36. The summed E-state index contributed by atoms with van der Waals surface area (Å²) in [6.07, 6.45) is 0.886. The van der Waals surface area contributed by atoms with Crippen molar-refractivity contribution in [3.8, 4) is 23.0 Å². The number of carbonyl (C=O) groups excluding carboxylic acids is 1. The van der Waals surface area contributed by atoms with Crippen molar-refractivity contribution in [1.82, 2.24) is 10.3 Å². The van der Waals surface area contributed by atoms with Crippen LogP contribution in [0, 0.1) is 6.92 Å². The number of amides is 1. The molecule has 4 aromatic rings. The Morgan fingerprint density at radius 1 is 1.21 bits per heavy atom. The minimum absolute atomic E-state index is 0.0571. The van der Waals surface area contributed by atoms with Gasteiger partial charge in [0.15, 0.2) is 10.7 Å². The van der Waals surface area contributed by atoms with Crippen LogP contribution in [0.15, 0.2) is 57.4 Å². The van der Waals surface area contributed by atoms with Crippen molar-refractivity contribution < 1.29 is 19.1 Å². The summed E-state index contributed by atoms with van der Waals surface area (Å²) in [5, 5.41) is 16.4. The molecule has 0 aliphatic carbocycles. The fourth-order valence-electron chi connectivity index (χ4n) is 3.51. The van der Waals surface area contributed by atoms with Gasteiger partial charge in [-0.25, -0.2) is 4.98 Å². The molecule has 9 heteroatoms. The van der Waals surface area contributed by atoms with Crippen molar-refractivity contribution in [3.63, 3.8) is 0 Å². The van der Waals surface area contributed by atoms with E-state index in [4.69, 9.17) is 21.4 Å². The zero-order valence-electron chi connectivity index (χ0n) is 18.7. The number of ether oxygens (including phenoxy) is 1. The molecule has 34 heavy (non-hydrogen) atoms. The second-order valence-corrected chi connectivity index (χ2v) is 8.94. The molecule has 0 radical (unpaired) electrons. The van der Waals surface area contributed by atoms with Crippen molar-refractivity contribution in [2.24, 2.45) is 0 Å². The van der Waals surface area contributed by atoms with Crippen LogP contribution in [0.25, 0.3) is 22.6 Å². The lowest BCUT2D eigenvalue weighted by molar-refractivity contribution is 0.0974. The summed E-state index contributed by atoms with van der Waals surface area (Å²) in [5.41, 5.74) is 4.41. The summed E-state index contributed by atoms with van der Waals surface area (Å²) in [4.78, 5) is 17.3. The summed E-state index contributed by atoms with van der Waals surface area (Å²) in [7, 11) is 1.49. The van der Waals surface area contributed by atoms with Gasteiger partial charge >= 0.3 is 0 Å². The number of thiocarbonyl (C=S) groups is 1. The molecule has 0 spiro atoms. The van der Waals surface area contributed by atoms with Crippen molar-refractivity contribution >= 4 is 56.0 Å². The molecule has 0 fully saturated rings. The monoisotopic (exact) mass is 539 g/mol. The molecular weight excluding hydrogens is 518 g/mol. The van der Waals surface area contributed by atoms with Crippen LogP contribution < -0.4 is 15.4 Å². The lowest BCUT2D eigenvalue weighted by Gasteiger charge is -2.14. The molecule has 7 nitrogen and oxygen atoms in total. The number of phenolic OH excluding ortho intramolecular Hbond substituents is 1. The zero-order valence-corrected chi connectivity index (χ0v) is 21.1. The van der Waals surface area contributed by atoms with Gasteiger partial charge in [0.1, 0.15) is 17.0 Å². The number of halogens is 1. The maximum Gasteiger partial charge on any atom is 0.261 e. The first-order chi connectivity index (χ1) is 16.3. The van der Waals surface area contributed by atoms with Crippen molar-refractivity contribution in [2.75, 3.05) is 12.4 Å². The Morgan fingerprint density at radius 3 is 2.74 bits per heavy atom. The normalized spacial score (nSPS) is 10.8. The maximum atomic E-state index is 12.7. The van der Waals surface area contributed by atoms with E-state index in [0.717, 1.165) is 22.0 Å². The molecule has 1 aromatic heterocycles. The second kappa shape index (κ2) is 9.82. The molecule has 0 saturated carbocycles. The van der Waals surface area contributed by atoms with Gasteiger partial charge in [-0.15, -0.1) is 0 Å². The lowest BCUT2D eigenvalue weighted by atomic mass is 10.1. The Hall–Kier alpha value is -3.43. The molecule has 0 bridgehead atoms. The summed E-state index contributed by atoms with van der Waals surface area (Å²) >= 11 is 8.70. The number of carbonyl (C=O) groups is 1. The minimum atomic E-state index is -0.419. The average molecular weight is 540 g/mol. The highest BCUT2D eigenvalue weighted by molar-refractivity contribution is 9.10. The van der Waals surface area contributed by atoms with Crippen molar-refractivity contribution in [3.05, 3.63) is 69.7 Å². The number of aromatic nitrogens is 1. The summed E-state index contributed by atoms with van der Waals surface area (Å²) in [6.45, 7) is 3.83. The molecule has 0 aliphatic heterocycles. The predicted octanol–water partition coefficient (Wildman–Crippen LogP) is 5.97. The number of aryl methyl sites for hydroxylation is 2. The molecule has 0 unspecified atom stereocenters. The van der Waals surface area contributed by atoms with Gasteiger partial charge in [0.05, 0.1) is 18.2 Å². The second-order valence-electron chi connectivity index (χ2n) is 7.62. The van der Waals surface area contributed by atoms with Gasteiger partial charge in [0, 0.05) is 10.2 Å². The van der Waals surface area contributed by atoms with Crippen LogP contribution in [0.2, 0.25) is 0 Å². The van der Waals surface area contributed by atoms with Crippen LogP contribution in [-0.4, -0.2) is 28.2 Å². The third-order valence-corrected chi connectivity index (χ3v) is 5.98. The van der Waals surface area contributed by atoms with E-state index in [0.29, 0.717) is 39.6 Å². The van der Waals surface area contributed by atoms with E-state index in [1.54, 1.807) is 37.3 Å². The van der Waals surface area contributed by atoms with E-state index in [1.165, 1.54) is 7.11 Å². The molecule has 1 amide bonds. The average Bonchev–Trinajstić information content (AvgIpc) is 3.24. The van der Waals surface area contributed by atoms with Crippen molar-refractivity contribution in [1.29, 1.82) is 0 Å².